The maximum absolute atomic E-state index is 12.7. The van der Waals surface area contributed by atoms with Crippen LogP contribution in [-0.4, -0.2) is 41.3 Å². The Bertz CT molecular complexity index is 716. The molecule has 0 unspecified atom stereocenters. The van der Waals surface area contributed by atoms with Gasteiger partial charge in [0.2, 0.25) is 5.91 Å². The number of urea groups is 1. The number of thioether (sulfide) groups is 1. The second kappa shape index (κ2) is 7.57. The fourth-order valence-corrected chi connectivity index (χ4v) is 4.05. The first-order valence-corrected chi connectivity index (χ1v) is 9.65. The van der Waals surface area contributed by atoms with Gasteiger partial charge in [-0.2, -0.15) is 5.01 Å². The Kier molecular flexibility index (Phi) is 5.41. The summed E-state index contributed by atoms with van der Waals surface area (Å²) in [5.41, 5.74) is 1.59. The monoisotopic (exact) mass is 377 g/mol. The number of hydrazine groups is 1. The summed E-state index contributed by atoms with van der Waals surface area (Å²) in [5.74, 6) is 0.594. The average Bonchev–Trinajstić information content (AvgIpc) is 2.87. The minimum atomic E-state index is -0.850. The second-order valence-corrected chi connectivity index (χ2v) is 7.89. The van der Waals surface area contributed by atoms with Crippen LogP contribution in [0, 0.1) is 5.92 Å². The quantitative estimate of drug-likeness (QED) is 0.607. The van der Waals surface area contributed by atoms with Crippen LogP contribution in [0.25, 0.3) is 0 Å². The number of ether oxygens (including phenoxy) is 1. The Morgan fingerprint density at radius 1 is 1.38 bits per heavy atom. The van der Waals surface area contributed by atoms with Crippen LogP contribution in [-0.2, 0) is 9.59 Å². The Labute approximate surface area is 156 Å². The smallest absolute Gasteiger partial charge is 0.344 e. The number of imide groups is 1. The Morgan fingerprint density at radius 3 is 2.81 bits per heavy atom. The molecule has 3 rings (SSSR count). The molecule has 1 saturated carbocycles. The van der Waals surface area contributed by atoms with Crippen LogP contribution in [0.1, 0.15) is 32.6 Å². The summed E-state index contributed by atoms with van der Waals surface area (Å²) in [7, 11) is 1.58. The van der Waals surface area contributed by atoms with Crippen molar-refractivity contribution in [1.82, 2.24) is 15.8 Å². The van der Waals surface area contributed by atoms with E-state index in [1.807, 2.05) is 24.3 Å². The van der Waals surface area contributed by atoms with Gasteiger partial charge in [-0.15, -0.1) is 11.8 Å². The van der Waals surface area contributed by atoms with Gasteiger partial charge >= 0.3 is 6.03 Å². The van der Waals surface area contributed by atoms with Gasteiger partial charge in [-0.25, -0.2) is 4.79 Å². The molecule has 26 heavy (non-hydrogen) atoms. The number of methoxy groups -OCH3 is 1. The van der Waals surface area contributed by atoms with Gasteiger partial charge in [0.05, 0.1) is 12.9 Å². The Balaban J connectivity index is 1.57. The zero-order valence-electron chi connectivity index (χ0n) is 14.9. The van der Waals surface area contributed by atoms with E-state index < -0.39 is 17.5 Å². The molecule has 7 nitrogen and oxygen atoms in total. The third-order valence-electron chi connectivity index (χ3n) is 4.94. The highest BCUT2D eigenvalue weighted by atomic mass is 32.2. The second-order valence-electron chi connectivity index (χ2n) is 6.84. The molecule has 0 radical (unpaired) electrons. The zero-order valence-corrected chi connectivity index (χ0v) is 15.7. The minimum Gasteiger partial charge on any atom is -0.497 e. The molecule has 2 N–H and O–H groups in total. The van der Waals surface area contributed by atoms with Crippen molar-refractivity contribution in [1.29, 1.82) is 0 Å². The first kappa shape index (κ1) is 18.6. The predicted molar refractivity (Wildman–Crippen MR) is 97.6 cm³/mol. The largest absolute Gasteiger partial charge is 0.497 e. The third kappa shape index (κ3) is 3.80. The molecule has 1 aliphatic heterocycles. The Hall–Kier alpha value is -2.22. The van der Waals surface area contributed by atoms with Gasteiger partial charge in [0, 0.05) is 4.90 Å². The van der Waals surface area contributed by atoms with Gasteiger partial charge in [0.15, 0.2) is 0 Å². The Morgan fingerprint density at radius 2 is 2.12 bits per heavy atom. The van der Waals surface area contributed by atoms with Crippen molar-refractivity contribution in [3.05, 3.63) is 24.3 Å². The number of benzene rings is 1. The average molecular weight is 377 g/mol. The third-order valence-corrected chi connectivity index (χ3v) is 5.93. The number of carbonyl (C=O) groups excluding carboxylic acids is 3. The topological polar surface area (TPSA) is 87.7 Å². The summed E-state index contributed by atoms with van der Waals surface area (Å²) >= 11 is 1.31. The number of amides is 4. The summed E-state index contributed by atoms with van der Waals surface area (Å²) in [6.07, 6.45) is 3.01. The standard InChI is InChI=1S/C18H23N3O4S/c1-12-6-8-18(9-7-12)16(23)21(17(24)19-18)20-15(22)11-26-14-5-3-4-13(10-14)25-2/h3-5,10,12H,6-9,11H2,1-2H3,(H,19,24)(H,20,22). The number of nitrogens with zero attached hydrogens (tertiary/aromatic N) is 1. The number of hydrogen-bond donors (Lipinski definition) is 2. The zero-order chi connectivity index (χ0) is 18.7. The molecule has 4 amide bonds. The molecule has 1 aromatic rings. The van der Waals surface area contributed by atoms with E-state index >= 15 is 0 Å². The molecule has 8 heteroatoms. The van der Waals surface area contributed by atoms with Crippen molar-refractivity contribution < 1.29 is 19.1 Å². The maximum atomic E-state index is 12.7. The molecule has 1 spiro atoms. The van der Waals surface area contributed by atoms with Crippen molar-refractivity contribution in [3.63, 3.8) is 0 Å². The lowest BCUT2D eigenvalue weighted by molar-refractivity contribution is -0.139. The highest BCUT2D eigenvalue weighted by Crippen LogP contribution is 2.35. The van der Waals surface area contributed by atoms with E-state index in [2.05, 4.69) is 17.7 Å². The van der Waals surface area contributed by atoms with E-state index in [9.17, 15) is 14.4 Å². The van der Waals surface area contributed by atoms with E-state index in [4.69, 9.17) is 4.74 Å². The molecule has 140 valence electrons. The normalized spacial score (nSPS) is 25.3. The van der Waals surface area contributed by atoms with Crippen molar-refractivity contribution in [2.45, 2.75) is 43.0 Å². The lowest BCUT2D eigenvalue weighted by Crippen LogP contribution is -2.51. The SMILES string of the molecule is COc1cccc(SCC(=O)NN2C(=O)NC3(CCC(C)CC3)C2=O)c1. The van der Waals surface area contributed by atoms with E-state index in [0.717, 1.165) is 22.7 Å². The van der Waals surface area contributed by atoms with Crippen LogP contribution in [0.15, 0.2) is 29.2 Å². The van der Waals surface area contributed by atoms with Gasteiger partial charge < -0.3 is 10.1 Å². The van der Waals surface area contributed by atoms with E-state index in [1.54, 1.807) is 7.11 Å². The highest BCUT2D eigenvalue weighted by molar-refractivity contribution is 8.00. The van der Waals surface area contributed by atoms with Gasteiger partial charge in [0.1, 0.15) is 11.3 Å². The molecule has 1 aliphatic carbocycles. The molecule has 1 heterocycles. The van der Waals surface area contributed by atoms with Crippen LogP contribution >= 0.6 is 11.8 Å². The molecular formula is C18H23N3O4S. The molecule has 1 saturated heterocycles. The van der Waals surface area contributed by atoms with Crippen LogP contribution < -0.4 is 15.5 Å². The van der Waals surface area contributed by atoms with Gasteiger partial charge in [-0.05, 0) is 49.8 Å². The van der Waals surface area contributed by atoms with Crippen molar-refractivity contribution in [2.75, 3.05) is 12.9 Å². The number of nitrogens with one attached hydrogen (secondary N) is 2. The fourth-order valence-electron chi connectivity index (χ4n) is 3.31. The van der Waals surface area contributed by atoms with Crippen molar-refractivity contribution in [3.8, 4) is 5.75 Å². The van der Waals surface area contributed by atoms with Gasteiger partial charge in [-0.1, -0.05) is 13.0 Å². The maximum Gasteiger partial charge on any atom is 0.344 e. The highest BCUT2D eigenvalue weighted by Gasteiger charge is 2.52. The minimum absolute atomic E-state index is 0.0915. The van der Waals surface area contributed by atoms with Crippen LogP contribution in [0.5, 0.6) is 5.75 Å². The molecular weight excluding hydrogens is 354 g/mol. The first-order chi connectivity index (χ1) is 12.4. The fraction of sp³-hybridized carbons (Fsp3) is 0.500. The lowest BCUT2D eigenvalue weighted by atomic mass is 9.77. The molecule has 0 atom stereocenters. The summed E-state index contributed by atoms with van der Waals surface area (Å²) in [5, 5.41) is 3.62. The molecule has 0 bridgehead atoms. The van der Waals surface area contributed by atoms with E-state index in [1.165, 1.54) is 11.8 Å². The van der Waals surface area contributed by atoms with Crippen LogP contribution in [0.3, 0.4) is 0 Å². The van der Waals surface area contributed by atoms with Crippen molar-refractivity contribution >= 4 is 29.6 Å². The number of rotatable bonds is 5. The van der Waals surface area contributed by atoms with Crippen molar-refractivity contribution in [2.24, 2.45) is 5.92 Å². The summed E-state index contributed by atoms with van der Waals surface area (Å²) in [6, 6.07) is 6.80. The van der Waals surface area contributed by atoms with Crippen LogP contribution in [0.2, 0.25) is 0 Å². The van der Waals surface area contributed by atoms with E-state index in [-0.39, 0.29) is 11.7 Å². The predicted octanol–water partition coefficient (Wildman–Crippen LogP) is 2.32. The van der Waals surface area contributed by atoms with Gasteiger partial charge in [0.25, 0.3) is 5.91 Å². The lowest BCUT2D eigenvalue weighted by Gasteiger charge is -2.33. The summed E-state index contributed by atoms with van der Waals surface area (Å²) in [6.45, 7) is 2.14. The van der Waals surface area contributed by atoms with Crippen LogP contribution in [0.4, 0.5) is 4.79 Å². The molecule has 2 aliphatic rings. The molecule has 0 aromatic heterocycles. The van der Waals surface area contributed by atoms with Gasteiger partial charge in [-0.3, -0.25) is 15.0 Å². The summed E-state index contributed by atoms with van der Waals surface area (Å²) < 4.78 is 5.15. The number of carbonyl (C=O) groups is 3. The molecule has 1 aromatic carbocycles. The number of hydrogen-bond acceptors (Lipinski definition) is 5. The summed E-state index contributed by atoms with van der Waals surface area (Å²) in [4.78, 5) is 38.0. The first-order valence-electron chi connectivity index (χ1n) is 8.66. The van der Waals surface area contributed by atoms with E-state index in [0.29, 0.717) is 24.5 Å². The molecule has 2 fully saturated rings.